The third kappa shape index (κ3) is 4.76. The average Bonchev–Trinajstić information content (AvgIpc) is 3.26. The van der Waals surface area contributed by atoms with Crippen molar-refractivity contribution < 1.29 is 22.5 Å². The van der Waals surface area contributed by atoms with Crippen LogP contribution in [0.25, 0.3) is 11.4 Å². The number of aryl methyl sites for hydroxylation is 2. The second kappa shape index (κ2) is 9.32. The molecule has 1 N–H and O–H groups in total. The molecule has 1 amide bonds. The van der Waals surface area contributed by atoms with Crippen molar-refractivity contribution in [2.24, 2.45) is 5.92 Å². The number of aromatic nitrogens is 2. The molecule has 2 heterocycles. The summed E-state index contributed by atoms with van der Waals surface area (Å²) in [5, 5.41) is 6.76. The number of rotatable bonds is 6. The van der Waals surface area contributed by atoms with E-state index in [1.165, 1.54) is 11.4 Å². The van der Waals surface area contributed by atoms with Crippen LogP contribution < -0.4 is 10.1 Å². The van der Waals surface area contributed by atoms with E-state index in [0.29, 0.717) is 53.7 Å². The van der Waals surface area contributed by atoms with Crippen molar-refractivity contribution in [3.8, 4) is 17.1 Å². The topological polar surface area (TPSA) is 115 Å². The van der Waals surface area contributed by atoms with E-state index in [-0.39, 0.29) is 17.3 Å². The lowest BCUT2D eigenvalue weighted by Crippen LogP contribution is -2.43. The normalized spacial score (nSPS) is 17.0. The largest absolute Gasteiger partial charge is 0.495 e. The van der Waals surface area contributed by atoms with Gasteiger partial charge in [0.25, 0.3) is 0 Å². The van der Waals surface area contributed by atoms with Crippen LogP contribution in [0.4, 0.5) is 5.69 Å². The van der Waals surface area contributed by atoms with E-state index in [1.54, 1.807) is 50.2 Å². The Kier molecular flexibility index (Phi) is 6.48. The summed E-state index contributed by atoms with van der Waals surface area (Å²) in [5.74, 6) is 0.579. The Hall–Kier alpha value is -3.24. The van der Waals surface area contributed by atoms with Gasteiger partial charge in [0, 0.05) is 25.6 Å². The molecule has 2 aromatic carbocycles. The van der Waals surface area contributed by atoms with Crippen LogP contribution in [0.2, 0.25) is 0 Å². The van der Waals surface area contributed by atoms with E-state index in [2.05, 4.69) is 15.5 Å². The van der Waals surface area contributed by atoms with Crippen LogP contribution in [0, 0.1) is 19.8 Å². The number of amides is 1. The minimum Gasteiger partial charge on any atom is -0.495 e. The minimum absolute atomic E-state index is 0.105. The van der Waals surface area contributed by atoms with Crippen LogP contribution in [-0.2, 0) is 14.8 Å². The third-order valence-electron chi connectivity index (χ3n) is 5.71. The number of nitrogens with zero attached hydrogens (tertiary/aromatic N) is 3. The number of hydrogen-bond donors (Lipinski definition) is 1. The molecule has 33 heavy (non-hydrogen) atoms. The van der Waals surface area contributed by atoms with E-state index in [9.17, 15) is 13.2 Å². The molecule has 0 unspecified atom stereocenters. The highest BCUT2D eigenvalue weighted by atomic mass is 32.2. The van der Waals surface area contributed by atoms with E-state index in [0.717, 1.165) is 0 Å². The van der Waals surface area contributed by atoms with Gasteiger partial charge in [-0.25, -0.2) is 8.42 Å². The summed E-state index contributed by atoms with van der Waals surface area (Å²) in [4.78, 5) is 17.3. The Balaban J connectivity index is 1.55. The lowest BCUT2D eigenvalue weighted by atomic mass is 9.98. The number of ether oxygens (including phenoxy) is 1. The van der Waals surface area contributed by atoms with Gasteiger partial charge in [-0.2, -0.15) is 9.29 Å². The molecule has 4 rings (SSSR count). The molecule has 0 radical (unpaired) electrons. The predicted octanol–water partition coefficient (Wildman–Crippen LogP) is 3.40. The van der Waals surface area contributed by atoms with Crippen molar-refractivity contribution in [2.45, 2.75) is 31.6 Å². The zero-order valence-electron chi connectivity index (χ0n) is 18.7. The number of sulfonamides is 1. The monoisotopic (exact) mass is 470 g/mol. The van der Waals surface area contributed by atoms with Crippen molar-refractivity contribution in [3.63, 3.8) is 0 Å². The summed E-state index contributed by atoms with van der Waals surface area (Å²) < 4.78 is 38.8. The molecule has 1 aliphatic rings. The van der Waals surface area contributed by atoms with Crippen LogP contribution >= 0.6 is 0 Å². The molecule has 174 valence electrons. The summed E-state index contributed by atoms with van der Waals surface area (Å²) in [6.07, 6.45) is 1.19. The standard InChI is InChI=1S/C23H26N4O5S/c1-15-10-11-17(22-24-16(2)32-26-22)13-21(15)33(29,30)27-12-6-7-18(14-27)23(28)25-19-8-4-5-9-20(19)31-3/h4-5,8-11,13,18H,6-7,12,14H2,1-3H3,(H,25,28)/t18-/m1/s1. The van der Waals surface area contributed by atoms with Gasteiger partial charge in [0.2, 0.25) is 27.6 Å². The Morgan fingerprint density at radius 1 is 1.21 bits per heavy atom. The molecule has 1 fully saturated rings. The van der Waals surface area contributed by atoms with Gasteiger partial charge in [0.05, 0.1) is 23.6 Å². The van der Waals surface area contributed by atoms with Crippen LogP contribution in [-0.4, -0.2) is 49.0 Å². The molecule has 1 aliphatic heterocycles. The van der Waals surface area contributed by atoms with E-state index >= 15 is 0 Å². The highest BCUT2D eigenvalue weighted by molar-refractivity contribution is 7.89. The molecule has 9 nitrogen and oxygen atoms in total. The van der Waals surface area contributed by atoms with Crippen LogP contribution in [0.15, 0.2) is 51.9 Å². The van der Waals surface area contributed by atoms with E-state index in [4.69, 9.17) is 9.26 Å². The highest BCUT2D eigenvalue weighted by Gasteiger charge is 2.34. The first kappa shape index (κ1) is 22.9. The van der Waals surface area contributed by atoms with Gasteiger partial charge in [-0.05, 0) is 43.5 Å². The Morgan fingerprint density at radius 2 is 2.00 bits per heavy atom. The maximum atomic E-state index is 13.5. The average molecular weight is 471 g/mol. The van der Waals surface area contributed by atoms with Crippen molar-refractivity contribution in [1.82, 2.24) is 14.4 Å². The third-order valence-corrected chi connectivity index (χ3v) is 7.72. The van der Waals surface area contributed by atoms with Crippen LogP contribution in [0.1, 0.15) is 24.3 Å². The second-order valence-corrected chi connectivity index (χ2v) is 9.92. The first-order valence-corrected chi connectivity index (χ1v) is 12.1. The van der Waals surface area contributed by atoms with Gasteiger partial charge in [0.15, 0.2) is 0 Å². The summed E-state index contributed by atoms with van der Waals surface area (Å²) in [6, 6.07) is 12.2. The molecule has 1 atom stereocenters. The molecule has 1 saturated heterocycles. The molecular formula is C23H26N4O5S. The number of piperidine rings is 1. The maximum absolute atomic E-state index is 13.5. The minimum atomic E-state index is -3.83. The summed E-state index contributed by atoms with van der Waals surface area (Å²) in [6.45, 7) is 3.88. The van der Waals surface area contributed by atoms with E-state index in [1.807, 2.05) is 6.07 Å². The Morgan fingerprint density at radius 3 is 2.73 bits per heavy atom. The summed E-state index contributed by atoms with van der Waals surface area (Å²) >= 11 is 0. The van der Waals surface area contributed by atoms with Gasteiger partial charge in [0.1, 0.15) is 5.75 Å². The smallest absolute Gasteiger partial charge is 0.243 e. The lowest BCUT2D eigenvalue weighted by Gasteiger charge is -2.31. The molecular weight excluding hydrogens is 444 g/mol. The van der Waals surface area contributed by atoms with Gasteiger partial charge in [-0.3, -0.25) is 4.79 Å². The fourth-order valence-corrected chi connectivity index (χ4v) is 5.70. The number of methoxy groups -OCH3 is 1. The maximum Gasteiger partial charge on any atom is 0.243 e. The van der Waals surface area contributed by atoms with E-state index < -0.39 is 15.9 Å². The van der Waals surface area contributed by atoms with Crippen molar-refractivity contribution in [1.29, 1.82) is 0 Å². The molecule has 0 aliphatic carbocycles. The van der Waals surface area contributed by atoms with Gasteiger partial charge in [-0.15, -0.1) is 0 Å². The second-order valence-electron chi connectivity index (χ2n) is 8.01. The summed E-state index contributed by atoms with van der Waals surface area (Å²) in [5.41, 5.74) is 1.72. The molecule has 0 spiro atoms. The fraction of sp³-hybridized carbons (Fsp3) is 0.348. The van der Waals surface area contributed by atoms with Crippen LogP contribution in [0.3, 0.4) is 0 Å². The fourth-order valence-electron chi connectivity index (χ4n) is 3.93. The molecule has 3 aromatic rings. The highest BCUT2D eigenvalue weighted by Crippen LogP contribution is 2.30. The Labute approximate surface area is 192 Å². The number of carbonyl (C=O) groups excluding carboxylic acids is 1. The number of benzene rings is 2. The van der Waals surface area contributed by atoms with Crippen LogP contribution in [0.5, 0.6) is 5.75 Å². The zero-order valence-corrected chi connectivity index (χ0v) is 19.6. The summed E-state index contributed by atoms with van der Waals surface area (Å²) in [7, 11) is -2.29. The Bertz CT molecular complexity index is 1270. The molecule has 0 saturated carbocycles. The van der Waals surface area contributed by atoms with Gasteiger partial charge < -0.3 is 14.6 Å². The SMILES string of the molecule is COc1ccccc1NC(=O)[C@@H]1CCCN(S(=O)(=O)c2cc(-c3noc(C)n3)ccc2C)C1. The number of para-hydroxylation sites is 2. The lowest BCUT2D eigenvalue weighted by molar-refractivity contribution is -0.120. The predicted molar refractivity (Wildman–Crippen MR) is 122 cm³/mol. The molecule has 10 heteroatoms. The first-order valence-electron chi connectivity index (χ1n) is 10.6. The van der Waals surface area contributed by atoms with Crippen molar-refractivity contribution in [2.75, 3.05) is 25.5 Å². The van der Waals surface area contributed by atoms with Gasteiger partial charge >= 0.3 is 0 Å². The van der Waals surface area contributed by atoms with Gasteiger partial charge in [-0.1, -0.05) is 29.4 Å². The van der Waals surface area contributed by atoms with Crippen molar-refractivity contribution in [3.05, 3.63) is 53.9 Å². The molecule has 0 bridgehead atoms. The zero-order chi connectivity index (χ0) is 23.6. The number of anilines is 1. The molecule has 1 aromatic heterocycles. The first-order chi connectivity index (χ1) is 15.8. The number of nitrogens with one attached hydrogen (secondary N) is 1. The quantitative estimate of drug-likeness (QED) is 0.587. The van der Waals surface area contributed by atoms with Crippen molar-refractivity contribution >= 4 is 21.6 Å². The number of carbonyl (C=O) groups is 1. The number of hydrogen-bond acceptors (Lipinski definition) is 7.